The Labute approximate surface area is 135 Å². The molecule has 0 aromatic carbocycles. The van der Waals surface area contributed by atoms with E-state index in [4.69, 9.17) is 0 Å². The summed E-state index contributed by atoms with van der Waals surface area (Å²) in [5, 5.41) is 13.8. The Balaban J connectivity index is 1.90. The highest BCUT2D eigenvalue weighted by Gasteiger charge is 2.13. The van der Waals surface area contributed by atoms with Crippen LogP contribution >= 0.6 is 11.8 Å². The number of thioether (sulfide) groups is 1. The lowest BCUT2D eigenvalue weighted by Gasteiger charge is -2.22. The van der Waals surface area contributed by atoms with Crippen LogP contribution in [0.15, 0.2) is 17.7 Å². The predicted molar refractivity (Wildman–Crippen MR) is 90.1 cm³/mol. The normalized spacial score (nSPS) is 14.4. The molecule has 0 aliphatic heterocycles. The Morgan fingerprint density at radius 3 is 2.86 bits per heavy atom. The minimum absolute atomic E-state index is 0.176. The molecule has 2 aromatic rings. The van der Waals surface area contributed by atoms with E-state index < -0.39 is 0 Å². The first-order valence-corrected chi connectivity index (χ1v) is 8.97. The monoisotopic (exact) mass is 323 g/mol. The van der Waals surface area contributed by atoms with Gasteiger partial charge in [-0.2, -0.15) is 0 Å². The summed E-state index contributed by atoms with van der Waals surface area (Å²) < 4.78 is 2.07. The van der Waals surface area contributed by atoms with E-state index >= 15 is 0 Å². The van der Waals surface area contributed by atoms with Crippen molar-refractivity contribution in [3.8, 4) is 0 Å². The van der Waals surface area contributed by atoms with Gasteiger partial charge >= 0.3 is 0 Å². The molecule has 7 heteroatoms. The molecule has 0 radical (unpaired) electrons. The maximum Gasteiger partial charge on any atom is 0.164 e. The van der Waals surface area contributed by atoms with Gasteiger partial charge in [0.2, 0.25) is 0 Å². The Hall–Kier alpha value is -1.18. The number of nitrogens with one attached hydrogen (secondary N) is 1. The van der Waals surface area contributed by atoms with Gasteiger partial charge in [0, 0.05) is 12.6 Å². The van der Waals surface area contributed by atoms with Gasteiger partial charge in [-0.1, -0.05) is 20.3 Å². The van der Waals surface area contributed by atoms with Crippen LogP contribution in [0.25, 0.3) is 11.2 Å². The largest absolute Gasteiger partial charge is 0.395 e. The lowest BCUT2D eigenvalue weighted by Crippen LogP contribution is -2.38. The molecule has 2 rings (SSSR count). The number of aromatic nitrogens is 4. The first-order valence-electron chi connectivity index (χ1n) is 7.75. The summed E-state index contributed by atoms with van der Waals surface area (Å²) >= 11 is 1.59. The Morgan fingerprint density at radius 2 is 2.18 bits per heavy atom. The van der Waals surface area contributed by atoms with Gasteiger partial charge in [0.1, 0.15) is 16.9 Å². The predicted octanol–water partition coefficient (Wildman–Crippen LogP) is 1.93. The lowest BCUT2D eigenvalue weighted by molar-refractivity contribution is 0.201. The van der Waals surface area contributed by atoms with E-state index in [0.717, 1.165) is 42.1 Å². The van der Waals surface area contributed by atoms with E-state index in [1.165, 1.54) is 0 Å². The Kier molecular flexibility index (Phi) is 6.60. The van der Waals surface area contributed by atoms with Crippen LogP contribution in [0.5, 0.6) is 0 Å². The molecule has 0 amide bonds. The minimum atomic E-state index is 0.176. The van der Waals surface area contributed by atoms with E-state index in [1.807, 2.05) is 12.6 Å². The molecule has 0 aliphatic rings. The van der Waals surface area contributed by atoms with Crippen LogP contribution in [0.1, 0.15) is 26.7 Å². The van der Waals surface area contributed by atoms with Crippen LogP contribution in [0, 0.1) is 5.92 Å². The van der Waals surface area contributed by atoms with Gasteiger partial charge < -0.3 is 15.0 Å². The van der Waals surface area contributed by atoms with Crippen molar-refractivity contribution in [2.24, 2.45) is 5.92 Å². The van der Waals surface area contributed by atoms with Crippen molar-refractivity contribution in [1.29, 1.82) is 0 Å². The molecule has 2 N–H and O–H groups in total. The highest BCUT2D eigenvalue weighted by molar-refractivity contribution is 7.98. The van der Waals surface area contributed by atoms with Crippen LogP contribution in [-0.2, 0) is 6.54 Å². The van der Waals surface area contributed by atoms with Crippen LogP contribution in [0.4, 0.5) is 0 Å². The third-order valence-corrected chi connectivity index (χ3v) is 4.76. The van der Waals surface area contributed by atoms with Crippen molar-refractivity contribution < 1.29 is 5.11 Å². The number of aliphatic hydroxyl groups excluding tert-OH is 1. The molecular weight excluding hydrogens is 298 g/mol. The number of nitrogens with zero attached hydrogens (tertiary/aromatic N) is 4. The molecule has 2 heterocycles. The number of imidazole rings is 1. The SMILES string of the molecule is CCC(C)C(CO)NCCCn1cnc2c(SC)ncnc21. The molecule has 2 atom stereocenters. The number of rotatable bonds is 9. The zero-order chi connectivity index (χ0) is 15.9. The highest BCUT2D eigenvalue weighted by Crippen LogP contribution is 2.20. The number of fused-ring (bicyclic) bond motifs is 1. The number of hydrogen-bond acceptors (Lipinski definition) is 6. The van der Waals surface area contributed by atoms with Crippen molar-refractivity contribution in [2.75, 3.05) is 19.4 Å². The molecule has 122 valence electrons. The second-order valence-corrected chi connectivity index (χ2v) is 6.27. The summed E-state index contributed by atoms with van der Waals surface area (Å²) in [4.78, 5) is 13.0. The highest BCUT2D eigenvalue weighted by atomic mass is 32.2. The van der Waals surface area contributed by atoms with Gasteiger partial charge in [0.15, 0.2) is 5.65 Å². The fourth-order valence-electron chi connectivity index (χ4n) is 2.44. The smallest absolute Gasteiger partial charge is 0.164 e. The van der Waals surface area contributed by atoms with Gasteiger partial charge in [0.25, 0.3) is 0 Å². The maximum atomic E-state index is 9.41. The molecule has 2 unspecified atom stereocenters. The summed E-state index contributed by atoms with van der Waals surface area (Å²) in [6.45, 7) is 6.23. The molecule has 0 aliphatic carbocycles. The summed E-state index contributed by atoms with van der Waals surface area (Å²) in [6.07, 6.45) is 7.46. The number of aliphatic hydroxyl groups is 1. The maximum absolute atomic E-state index is 9.41. The molecule has 0 saturated carbocycles. The van der Waals surface area contributed by atoms with E-state index in [-0.39, 0.29) is 12.6 Å². The minimum Gasteiger partial charge on any atom is -0.395 e. The Morgan fingerprint density at radius 1 is 1.36 bits per heavy atom. The van der Waals surface area contributed by atoms with Crippen LogP contribution in [-0.4, -0.2) is 50.1 Å². The van der Waals surface area contributed by atoms with Gasteiger partial charge in [-0.15, -0.1) is 11.8 Å². The average molecular weight is 323 g/mol. The van der Waals surface area contributed by atoms with Gasteiger partial charge in [-0.05, 0) is 25.1 Å². The summed E-state index contributed by atoms with van der Waals surface area (Å²) in [6, 6.07) is 0.176. The fraction of sp³-hybridized carbons (Fsp3) is 0.667. The number of aryl methyl sites for hydroxylation is 1. The molecule has 2 aromatic heterocycles. The van der Waals surface area contributed by atoms with Gasteiger partial charge in [-0.25, -0.2) is 15.0 Å². The fourth-order valence-corrected chi connectivity index (χ4v) is 2.93. The Bertz CT molecular complexity index is 588. The lowest BCUT2D eigenvalue weighted by atomic mass is 10.00. The van der Waals surface area contributed by atoms with Crippen LogP contribution in [0.2, 0.25) is 0 Å². The first-order chi connectivity index (χ1) is 10.7. The van der Waals surface area contributed by atoms with Crippen LogP contribution < -0.4 is 5.32 Å². The quantitative estimate of drug-likeness (QED) is 0.417. The molecule has 0 saturated heterocycles. The first kappa shape index (κ1) is 17.2. The van der Waals surface area contributed by atoms with Gasteiger partial charge in [0.05, 0.1) is 12.9 Å². The third-order valence-electron chi connectivity index (χ3n) is 4.07. The standard InChI is InChI=1S/C15H25N5OS/c1-4-11(2)12(8-21)16-6-5-7-20-10-19-13-14(20)17-9-18-15(13)22-3/h9-12,16,21H,4-8H2,1-3H3. The van der Waals surface area contributed by atoms with E-state index in [2.05, 4.69) is 38.7 Å². The van der Waals surface area contributed by atoms with Gasteiger partial charge in [-0.3, -0.25) is 0 Å². The molecule has 0 fully saturated rings. The van der Waals surface area contributed by atoms with E-state index in [1.54, 1.807) is 18.1 Å². The molecule has 0 spiro atoms. The average Bonchev–Trinajstić information content (AvgIpc) is 2.97. The van der Waals surface area contributed by atoms with Crippen molar-refractivity contribution in [2.45, 2.75) is 44.3 Å². The van der Waals surface area contributed by atoms with E-state index in [0.29, 0.717) is 5.92 Å². The molecule has 22 heavy (non-hydrogen) atoms. The summed E-state index contributed by atoms with van der Waals surface area (Å²) in [5.74, 6) is 0.482. The van der Waals surface area contributed by atoms with Crippen LogP contribution in [0.3, 0.4) is 0 Å². The summed E-state index contributed by atoms with van der Waals surface area (Å²) in [7, 11) is 0. The molecule has 6 nitrogen and oxygen atoms in total. The van der Waals surface area contributed by atoms with Crippen molar-refractivity contribution in [3.63, 3.8) is 0 Å². The van der Waals surface area contributed by atoms with Crippen molar-refractivity contribution >= 4 is 22.9 Å². The van der Waals surface area contributed by atoms with Crippen molar-refractivity contribution in [1.82, 2.24) is 24.8 Å². The van der Waals surface area contributed by atoms with Crippen molar-refractivity contribution in [3.05, 3.63) is 12.7 Å². The third kappa shape index (κ3) is 3.97. The summed E-state index contributed by atoms with van der Waals surface area (Å²) in [5.41, 5.74) is 1.76. The molecule has 0 bridgehead atoms. The zero-order valence-electron chi connectivity index (χ0n) is 13.5. The second kappa shape index (κ2) is 8.45. The molecular formula is C15H25N5OS. The topological polar surface area (TPSA) is 75.9 Å². The zero-order valence-corrected chi connectivity index (χ0v) is 14.3. The van der Waals surface area contributed by atoms with E-state index in [9.17, 15) is 5.11 Å². The number of hydrogen-bond donors (Lipinski definition) is 2. The second-order valence-electron chi connectivity index (χ2n) is 5.48.